The van der Waals surface area contributed by atoms with Gasteiger partial charge in [0.2, 0.25) is 0 Å². The van der Waals surface area contributed by atoms with Crippen LogP contribution in [-0.2, 0) is 0 Å². The number of anilines is 2. The highest BCUT2D eigenvalue weighted by Crippen LogP contribution is 2.26. The molecule has 2 aromatic rings. The lowest BCUT2D eigenvalue weighted by atomic mass is 10.0. The second-order valence-electron chi connectivity index (χ2n) is 4.78. The molecule has 1 aromatic heterocycles. The first-order valence-electron chi connectivity index (χ1n) is 6.52. The molecule has 0 unspecified atom stereocenters. The highest BCUT2D eigenvalue weighted by Gasteiger charge is 2.20. The Morgan fingerprint density at radius 1 is 1.16 bits per heavy atom. The van der Waals surface area contributed by atoms with Gasteiger partial charge in [0.1, 0.15) is 12.7 Å². The lowest BCUT2D eigenvalue weighted by Gasteiger charge is -2.33. The van der Waals surface area contributed by atoms with Crippen LogP contribution in [0.15, 0.2) is 36.9 Å². The number of nitrogens with one attached hydrogen (secondary N) is 1. The number of nitrogens with two attached hydrogens (primary N) is 1. The summed E-state index contributed by atoms with van der Waals surface area (Å²) in [5.41, 5.74) is 4.82. The van der Waals surface area contributed by atoms with Crippen molar-refractivity contribution in [3.63, 3.8) is 0 Å². The SMILES string of the molecule is NNc1ccc(N2CCC(n3cncn3)CC2)cc1. The number of nitrogen functional groups attached to an aromatic ring is 1. The molecular weight excluding hydrogens is 240 g/mol. The van der Waals surface area contributed by atoms with Crippen LogP contribution in [0.25, 0.3) is 0 Å². The first-order valence-corrected chi connectivity index (χ1v) is 6.52. The fraction of sp³-hybridized carbons (Fsp3) is 0.385. The van der Waals surface area contributed by atoms with E-state index < -0.39 is 0 Å². The van der Waals surface area contributed by atoms with E-state index in [2.05, 4.69) is 32.5 Å². The van der Waals surface area contributed by atoms with Gasteiger partial charge in [-0.05, 0) is 37.1 Å². The molecule has 0 spiro atoms. The van der Waals surface area contributed by atoms with Crippen LogP contribution in [-0.4, -0.2) is 27.9 Å². The lowest BCUT2D eigenvalue weighted by Crippen LogP contribution is -2.34. The minimum Gasteiger partial charge on any atom is -0.371 e. The number of hydrogen-bond donors (Lipinski definition) is 2. The third kappa shape index (κ3) is 2.53. The van der Waals surface area contributed by atoms with Crippen molar-refractivity contribution in [2.45, 2.75) is 18.9 Å². The molecule has 0 saturated carbocycles. The molecule has 0 amide bonds. The molecule has 6 nitrogen and oxygen atoms in total. The Bertz CT molecular complexity index is 498. The maximum Gasteiger partial charge on any atom is 0.137 e. The standard InChI is InChI=1S/C13H18N6/c14-17-11-1-3-12(4-2-11)18-7-5-13(6-8-18)19-10-15-9-16-19/h1-4,9-10,13,17H,5-8,14H2. The molecule has 6 heteroatoms. The van der Waals surface area contributed by atoms with E-state index in [9.17, 15) is 0 Å². The van der Waals surface area contributed by atoms with Gasteiger partial charge in [-0.2, -0.15) is 5.10 Å². The predicted molar refractivity (Wildman–Crippen MR) is 74.8 cm³/mol. The largest absolute Gasteiger partial charge is 0.371 e. The Hall–Kier alpha value is -2.08. The number of nitrogens with zero attached hydrogens (tertiary/aromatic N) is 4. The molecule has 1 aromatic carbocycles. The first-order chi connectivity index (χ1) is 9.36. The van der Waals surface area contributed by atoms with E-state index in [0.717, 1.165) is 31.6 Å². The van der Waals surface area contributed by atoms with Crippen molar-refractivity contribution in [2.75, 3.05) is 23.4 Å². The number of hydrogen-bond acceptors (Lipinski definition) is 5. The molecule has 100 valence electrons. The summed E-state index contributed by atoms with van der Waals surface area (Å²) in [6.45, 7) is 2.08. The highest BCUT2D eigenvalue weighted by atomic mass is 15.3. The Morgan fingerprint density at radius 3 is 2.47 bits per heavy atom. The topological polar surface area (TPSA) is 72.0 Å². The maximum absolute atomic E-state index is 5.37. The minimum atomic E-state index is 0.476. The summed E-state index contributed by atoms with van der Waals surface area (Å²) < 4.78 is 1.97. The minimum absolute atomic E-state index is 0.476. The molecule has 3 rings (SSSR count). The molecule has 3 N–H and O–H groups in total. The Kier molecular flexibility index (Phi) is 3.33. The average molecular weight is 258 g/mol. The fourth-order valence-electron chi connectivity index (χ4n) is 2.56. The second kappa shape index (κ2) is 5.27. The molecule has 1 aliphatic heterocycles. The number of piperidine rings is 1. The third-order valence-electron chi connectivity index (χ3n) is 3.67. The molecular formula is C13H18N6. The van der Waals surface area contributed by atoms with E-state index in [-0.39, 0.29) is 0 Å². The van der Waals surface area contributed by atoms with Crippen LogP contribution in [0.1, 0.15) is 18.9 Å². The van der Waals surface area contributed by atoms with Gasteiger partial charge >= 0.3 is 0 Å². The molecule has 0 bridgehead atoms. The van der Waals surface area contributed by atoms with Crippen LogP contribution in [0.4, 0.5) is 11.4 Å². The van der Waals surface area contributed by atoms with Crippen molar-refractivity contribution in [1.29, 1.82) is 0 Å². The van der Waals surface area contributed by atoms with Gasteiger partial charge in [0.25, 0.3) is 0 Å². The van der Waals surface area contributed by atoms with E-state index in [1.807, 2.05) is 23.1 Å². The predicted octanol–water partition coefficient (Wildman–Crippen LogP) is 1.41. The van der Waals surface area contributed by atoms with Crippen molar-refractivity contribution >= 4 is 11.4 Å². The van der Waals surface area contributed by atoms with Crippen LogP contribution in [0.3, 0.4) is 0 Å². The molecule has 1 fully saturated rings. The lowest BCUT2D eigenvalue weighted by molar-refractivity contribution is 0.366. The zero-order valence-corrected chi connectivity index (χ0v) is 10.7. The van der Waals surface area contributed by atoms with E-state index in [0.29, 0.717) is 6.04 Å². The van der Waals surface area contributed by atoms with E-state index in [1.54, 1.807) is 6.33 Å². The summed E-state index contributed by atoms with van der Waals surface area (Å²) in [6.07, 6.45) is 5.60. The van der Waals surface area contributed by atoms with Gasteiger partial charge in [-0.25, -0.2) is 9.67 Å². The van der Waals surface area contributed by atoms with Gasteiger partial charge in [0.05, 0.1) is 6.04 Å². The summed E-state index contributed by atoms with van der Waals surface area (Å²) in [5.74, 6) is 5.37. The summed E-state index contributed by atoms with van der Waals surface area (Å²) in [5, 5.41) is 4.23. The summed E-state index contributed by atoms with van der Waals surface area (Å²) in [7, 11) is 0. The van der Waals surface area contributed by atoms with E-state index in [1.165, 1.54) is 5.69 Å². The van der Waals surface area contributed by atoms with Crippen LogP contribution in [0.5, 0.6) is 0 Å². The van der Waals surface area contributed by atoms with Crippen molar-refractivity contribution in [3.05, 3.63) is 36.9 Å². The van der Waals surface area contributed by atoms with Crippen LogP contribution in [0, 0.1) is 0 Å². The molecule has 0 atom stereocenters. The average Bonchev–Trinajstić information content (AvgIpc) is 3.02. The van der Waals surface area contributed by atoms with E-state index >= 15 is 0 Å². The summed E-state index contributed by atoms with van der Waals surface area (Å²) in [4.78, 5) is 6.41. The fourth-order valence-corrected chi connectivity index (χ4v) is 2.56. The molecule has 19 heavy (non-hydrogen) atoms. The van der Waals surface area contributed by atoms with Gasteiger partial charge in [0, 0.05) is 24.5 Å². The maximum atomic E-state index is 5.37. The van der Waals surface area contributed by atoms with E-state index in [4.69, 9.17) is 5.84 Å². The van der Waals surface area contributed by atoms with Crippen molar-refractivity contribution in [2.24, 2.45) is 5.84 Å². The number of hydrazine groups is 1. The molecule has 1 saturated heterocycles. The second-order valence-corrected chi connectivity index (χ2v) is 4.78. The summed E-state index contributed by atoms with van der Waals surface area (Å²) >= 11 is 0. The van der Waals surface area contributed by atoms with Gasteiger partial charge in [-0.1, -0.05) is 0 Å². The molecule has 2 heterocycles. The van der Waals surface area contributed by atoms with Crippen molar-refractivity contribution < 1.29 is 0 Å². The first kappa shape index (κ1) is 12.0. The van der Waals surface area contributed by atoms with Gasteiger partial charge < -0.3 is 10.3 Å². The third-order valence-corrected chi connectivity index (χ3v) is 3.67. The zero-order chi connectivity index (χ0) is 13.1. The van der Waals surface area contributed by atoms with Gasteiger partial charge in [-0.15, -0.1) is 0 Å². The molecule has 0 aliphatic carbocycles. The van der Waals surface area contributed by atoms with Crippen molar-refractivity contribution in [3.8, 4) is 0 Å². The summed E-state index contributed by atoms with van der Waals surface area (Å²) in [6, 6.07) is 8.68. The highest BCUT2D eigenvalue weighted by molar-refractivity contribution is 5.54. The number of benzene rings is 1. The van der Waals surface area contributed by atoms with Gasteiger partial charge in [0.15, 0.2) is 0 Å². The van der Waals surface area contributed by atoms with Gasteiger partial charge in [-0.3, -0.25) is 5.84 Å². The number of aromatic nitrogens is 3. The Labute approximate surface area is 112 Å². The van der Waals surface area contributed by atoms with Crippen molar-refractivity contribution in [1.82, 2.24) is 14.8 Å². The molecule has 1 aliphatic rings. The molecule has 0 radical (unpaired) electrons. The Balaban J connectivity index is 1.63. The Morgan fingerprint density at radius 2 is 1.89 bits per heavy atom. The number of rotatable bonds is 3. The van der Waals surface area contributed by atoms with Crippen LogP contribution in [0.2, 0.25) is 0 Å². The normalized spacial score (nSPS) is 16.6. The van der Waals surface area contributed by atoms with Crippen LogP contribution < -0.4 is 16.2 Å². The smallest absolute Gasteiger partial charge is 0.137 e. The monoisotopic (exact) mass is 258 g/mol. The van der Waals surface area contributed by atoms with Crippen LogP contribution >= 0.6 is 0 Å². The zero-order valence-electron chi connectivity index (χ0n) is 10.7. The quantitative estimate of drug-likeness (QED) is 0.643.